The normalized spacial score (nSPS) is 9.80. The van der Waals surface area contributed by atoms with Crippen molar-refractivity contribution in [2.75, 3.05) is 0 Å². The van der Waals surface area contributed by atoms with Crippen LogP contribution in [0.4, 0.5) is 0 Å². The van der Waals surface area contributed by atoms with Crippen LogP contribution in [0.2, 0.25) is 0 Å². The van der Waals surface area contributed by atoms with Crippen molar-refractivity contribution in [2.45, 2.75) is 13.5 Å². The summed E-state index contributed by atoms with van der Waals surface area (Å²) in [5, 5.41) is 17.8. The van der Waals surface area contributed by atoms with E-state index in [1.165, 1.54) is 0 Å². The molecule has 0 aliphatic rings. The first-order chi connectivity index (χ1) is 4.75. The highest BCUT2D eigenvalue weighted by molar-refractivity contribution is 5.33. The summed E-state index contributed by atoms with van der Waals surface area (Å²) in [5.74, 6) is 0.0880. The molecule has 0 aromatic carbocycles. The zero-order valence-electron chi connectivity index (χ0n) is 5.70. The Morgan fingerprint density at radius 2 is 2.30 bits per heavy atom. The van der Waals surface area contributed by atoms with Crippen LogP contribution in [0, 0.1) is 6.92 Å². The van der Waals surface area contributed by atoms with Crippen LogP contribution in [-0.4, -0.2) is 15.2 Å². The summed E-state index contributed by atoms with van der Waals surface area (Å²) in [5.41, 5.74) is 1.07. The average Bonchev–Trinajstić information content (AvgIpc) is 1.95. The Labute approximate surface area is 59.0 Å². The van der Waals surface area contributed by atoms with Gasteiger partial charge in [0.2, 0.25) is 0 Å². The van der Waals surface area contributed by atoms with E-state index in [9.17, 15) is 5.11 Å². The van der Waals surface area contributed by atoms with Crippen LogP contribution in [0.5, 0.6) is 5.75 Å². The van der Waals surface area contributed by atoms with Gasteiger partial charge in [0, 0.05) is 6.20 Å². The minimum absolute atomic E-state index is 0.0880. The lowest BCUT2D eigenvalue weighted by Crippen LogP contribution is -1.90. The molecule has 0 aliphatic heterocycles. The van der Waals surface area contributed by atoms with Crippen LogP contribution < -0.4 is 0 Å². The average molecular weight is 139 g/mol. The molecule has 3 nitrogen and oxygen atoms in total. The highest BCUT2D eigenvalue weighted by Gasteiger charge is 2.01. The summed E-state index contributed by atoms with van der Waals surface area (Å²) in [4.78, 5) is 3.76. The molecular formula is C7H9NO2. The minimum atomic E-state index is -0.215. The van der Waals surface area contributed by atoms with E-state index in [4.69, 9.17) is 5.11 Å². The zero-order chi connectivity index (χ0) is 7.56. The lowest BCUT2D eigenvalue weighted by atomic mass is 10.2. The van der Waals surface area contributed by atoms with Gasteiger partial charge in [-0.05, 0) is 18.6 Å². The van der Waals surface area contributed by atoms with Crippen molar-refractivity contribution < 1.29 is 10.2 Å². The summed E-state index contributed by atoms with van der Waals surface area (Å²) in [6.45, 7) is 1.55. The maximum atomic E-state index is 9.18. The van der Waals surface area contributed by atoms with E-state index in [-0.39, 0.29) is 12.4 Å². The highest BCUT2D eigenvalue weighted by atomic mass is 16.3. The van der Waals surface area contributed by atoms with Gasteiger partial charge in [0.1, 0.15) is 11.4 Å². The second-order valence-corrected chi connectivity index (χ2v) is 2.08. The van der Waals surface area contributed by atoms with Crippen LogP contribution in [0.15, 0.2) is 12.3 Å². The Morgan fingerprint density at radius 3 is 2.80 bits per heavy atom. The lowest BCUT2D eigenvalue weighted by molar-refractivity contribution is 0.269. The number of hydrogen-bond donors (Lipinski definition) is 2. The summed E-state index contributed by atoms with van der Waals surface area (Å²) in [6.07, 6.45) is 1.56. The molecule has 0 aliphatic carbocycles. The second-order valence-electron chi connectivity index (χ2n) is 2.08. The molecule has 0 amide bonds. The van der Waals surface area contributed by atoms with Crippen molar-refractivity contribution in [1.82, 2.24) is 4.98 Å². The van der Waals surface area contributed by atoms with Crippen LogP contribution in [0.25, 0.3) is 0 Å². The Hall–Kier alpha value is -1.09. The summed E-state index contributed by atoms with van der Waals surface area (Å²) < 4.78 is 0. The molecule has 54 valence electrons. The Bertz CT molecular complexity index is 235. The quantitative estimate of drug-likeness (QED) is 0.598. The molecule has 0 spiro atoms. The third kappa shape index (κ3) is 1.09. The van der Waals surface area contributed by atoms with Gasteiger partial charge in [-0.2, -0.15) is 0 Å². The summed E-state index contributed by atoms with van der Waals surface area (Å²) in [6, 6.07) is 1.69. The molecule has 0 radical (unpaired) electrons. The van der Waals surface area contributed by atoms with Gasteiger partial charge in [-0.3, -0.25) is 4.98 Å². The largest absolute Gasteiger partial charge is 0.506 e. The number of aromatic nitrogens is 1. The molecule has 0 unspecified atom stereocenters. The first-order valence-electron chi connectivity index (χ1n) is 3.00. The van der Waals surface area contributed by atoms with Gasteiger partial charge in [0.15, 0.2) is 0 Å². The van der Waals surface area contributed by atoms with E-state index >= 15 is 0 Å². The molecule has 0 fully saturated rings. The molecule has 1 aromatic heterocycles. The number of aliphatic hydroxyl groups excluding tert-OH is 1. The summed E-state index contributed by atoms with van der Waals surface area (Å²) in [7, 11) is 0. The monoisotopic (exact) mass is 139 g/mol. The molecule has 3 heteroatoms. The fourth-order valence-corrected chi connectivity index (χ4v) is 0.722. The number of aryl methyl sites for hydroxylation is 1. The Balaban J connectivity index is 3.14. The van der Waals surface area contributed by atoms with Gasteiger partial charge >= 0.3 is 0 Å². The topological polar surface area (TPSA) is 53.4 Å². The Morgan fingerprint density at radius 1 is 1.60 bits per heavy atom. The maximum Gasteiger partial charge on any atom is 0.142 e. The highest BCUT2D eigenvalue weighted by Crippen LogP contribution is 2.18. The Kier molecular flexibility index (Phi) is 1.87. The SMILES string of the molecule is Cc1ccnc(CO)c1O. The zero-order valence-corrected chi connectivity index (χ0v) is 5.70. The smallest absolute Gasteiger partial charge is 0.142 e. The summed E-state index contributed by atoms with van der Waals surface area (Å²) >= 11 is 0. The maximum absolute atomic E-state index is 9.18. The standard InChI is InChI=1S/C7H9NO2/c1-5-2-3-8-6(4-9)7(5)10/h2-3,9-10H,4H2,1H3. The van der Waals surface area contributed by atoms with Crippen molar-refractivity contribution in [3.63, 3.8) is 0 Å². The van der Waals surface area contributed by atoms with E-state index < -0.39 is 0 Å². The molecule has 0 bridgehead atoms. The molecule has 0 saturated heterocycles. The third-order valence-electron chi connectivity index (χ3n) is 1.35. The lowest BCUT2D eigenvalue weighted by Gasteiger charge is -2.00. The van der Waals surface area contributed by atoms with Crippen LogP contribution in [0.1, 0.15) is 11.3 Å². The van der Waals surface area contributed by atoms with Crippen molar-refractivity contribution in [3.05, 3.63) is 23.5 Å². The van der Waals surface area contributed by atoms with Crippen molar-refractivity contribution in [1.29, 1.82) is 0 Å². The van der Waals surface area contributed by atoms with E-state index in [0.717, 1.165) is 5.56 Å². The molecule has 1 aromatic rings. The van der Waals surface area contributed by atoms with Gasteiger partial charge in [0.05, 0.1) is 6.61 Å². The van der Waals surface area contributed by atoms with E-state index in [1.54, 1.807) is 19.2 Å². The van der Waals surface area contributed by atoms with Crippen LogP contribution >= 0.6 is 0 Å². The first-order valence-corrected chi connectivity index (χ1v) is 3.00. The van der Waals surface area contributed by atoms with E-state index in [1.807, 2.05) is 0 Å². The van der Waals surface area contributed by atoms with Gasteiger partial charge < -0.3 is 10.2 Å². The molecule has 0 atom stereocenters. The fourth-order valence-electron chi connectivity index (χ4n) is 0.722. The van der Waals surface area contributed by atoms with E-state index in [0.29, 0.717) is 5.69 Å². The van der Waals surface area contributed by atoms with Gasteiger partial charge in [0.25, 0.3) is 0 Å². The van der Waals surface area contributed by atoms with Gasteiger partial charge in [-0.1, -0.05) is 0 Å². The predicted octanol–water partition coefficient (Wildman–Crippen LogP) is 0.588. The van der Waals surface area contributed by atoms with E-state index in [2.05, 4.69) is 4.98 Å². The van der Waals surface area contributed by atoms with Crippen LogP contribution in [-0.2, 0) is 6.61 Å². The van der Waals surface area contributed by atoms with Crippen LogP contribution in [0.3, 0.4) is 0 Å². The van der Waals surface area contributed by atoms with Crippen molar-refractivity contribution in [3.8, 4) is 5.75 Å². The predicted molar refractivity (Wildman–Crippen MR) is 36.6 cm³/mol. The molecular weight excluding hydrogens is 130 g/mol. The molecule has 0 saturated carbocycles. The van der Waals surface area contributed by atoms with Gasteiger partial charge in [-0.25, -0.2) is 0 Å². The molecule has 2 N–H and O–H groups in total. The number of pyridine rings is 1. The molecule has 10 heavy (non-hydrogen) atoms. The number of nitrogens with zero attached hydrogens (tertiary/aromatic N) is 1. The number of rotatable bonds is 1. The number of aromatic hydroxyl groups is 1. The van der Waals surface area contributed by atoms with Crippen molar-refractivity contribution in [2.24, 2.45) is 0 Å². The first kappa shape index (κ1) is 7.02. The third-order valence-corrected chi connectivity index (χ3v) is 1.35. The van der Waals surface area contributed by atoms with Gasteiger partial charge in [-0.15, -0.1) is 0 Å². The van der Waals surface area contributed by atoms with Crippen molar-refractivity contribution >= 4 is 0 Å². The molecule has 1 rings (SSSR count). The minimum Gasteiger partial charge on any atom is -0.506 e. The fraction of sp³-hybridized carbons (Fsp3) is 0.286. The molecule has 1 heterocycles. The number of hydrogen-bond acceptors (Lipinski definition) is 3. The number of aliphatic hydroxyl groups is 1. The second kappa shape index (κ2) is 2.66.